The van der Waals surface area contributed by atoms with Crippen molar-refractivity contribution in [2.75, 3.05) is 0 Å². The first-order valence-corrected chi connectivity index (χ1v) is 8.00. The van der Waals surface area contributed by atoms with Gasteiger partial charge in [-0.05, 0) is 48.1 Å². The van der Waals surface area contributed by atoms with Crippen molar-refractivity contribution in [1.29, 1.82) is 0 Å². The Morgan fingerprint density at radius 2 is 1.50 bits per heavy atom. The van der Waals surface area contributed by atoms with Crippen LogP contribution in [-0.2, 0) is 18.3 Å². The summed E-state index contributed by atoms with van der Waals surface area (Å²) in [5, 5.41) is 9.22. The molecule has 0 amide bonds. The second-order valence-electron chi connectivity index (χ2n) is 8.46. The monoisotopic (exact) mass is 274 g/mol. The fourth-order valence-electron chi connectivity index (χ4n) is 3.19. The van der Waals surface area contributed by atoms with Crippen molar-refractivity contribution < 1.29 is 0 Å². The molecule has 0 atom stereocenters. The summed E-state index contributed by atoms with van der Waals surface area (Å²) in [6.45, 7) is 16.0. The van der Waals surface area contributed by atoms with Crippen molar-refractivity contribution in [1.82, 2.24) is 10.2 Å². The van der Waals surface area contributed by atoms with Crippen LogP contribution in [0.2, 0.25) is 0 Å². The molecule has 2 nitrogen and oxygen atoms in total. The molecule has 0 aliphatic heterocycles. The van der Waals surface area contributed by atoms with Gasteiger partial charge in [-0.25, -0.2) is 0 Å². The standard InChI is InChI=1S/C18H30N2/c1-12(2)15-13-8-10-18(6,7)11-9-14(13)16(20-19-15)17(3,4)5/h12H,8-11H2,1-7H3. The molecular formula is C18H30N2. The second-order valence-corrected chi connectivity index (χ2v) is 8.46. The van der Waals surface area contributed by atoms with Crippen LogP contribution >= 0.6 is 0 Å². The van der Waals surface area contributed by atoms with Crippen molar-refractivity contribution in [3.63, 3.8) is 0 Å². The van der Waals surface area contributed by atoms with Crippen LogP contribution in [0, 0.1) is 5.41 Å². The van der Waals surface area contributed by atoms with Gasteiger partial charge >= 0.3 is 0 Å². The van der Waals surface area contributed by atoms with E-state index in [2.05, 4.69) is 58.7 Å². The van der Waals surface area contributed by atoms with Gasteiger partial charge in [-0.15, -0.1) is 0 Å². The normalized spacial score (nSPS) is 18.8. The minimum absolute atomic E-state index is 0.0844. The first kappa shape index (κ1) is 15.5. The van der Waals surface area contributed by atoms with Crippen molar-refractivity contribution in [2.24, 2.45) is 5.41 Å². The topological polar surface area (TPSA) is 25.8 Å². The largest absolute Gasteiger partial charge is 0.155 e. The van der Waals surface area contributed by atoms with Crippen molar-refractivity contribution in [3.8, 4) is 0 Å². The molecule has 0 N–H and O–H groups in total. The van der Waals surface area contributed by atoms with Crippen LogP contribution in [0.3, 0.4) is 0 Å². The highest BCUT2D eigenvalue weighted by Gasteiger charge is 2.30. The Balaban J connectivity index is 2.58. The Morgan fingerprint density at radius 3 is 2.00 bits per heavy atom. The fraction of sp³-hybridized carbons (Fsp3) is 0.778. The van der Waals surface area contributed by atoms with Gasteiger partial charge in [0.25, 0.3) is 0 Å². The van der Waals surface area contributed by atoms with E-state index >= 15 is 0 Å². The average Bonchev–Trinajstić information content (AvgIpc) is 2.46. The lowest BCUT2D eigenvalue weighted by Crippen LogP contribution is -2.21. The highest BCUT2D eigenvalue weighted by molar-refractivity contribution is 5.38. The third kappa shape index (κ3) is 3.05. The number of nitrogens with zero attached hydrogens (tertiary/aromatic N) is 2. The third-order valence-electron chi connectivity index (χ3n) is 4.58. The number of hydrogen-bond acceptors (Lipinski definition) is 2. The van der Waals surface area contributed by atoms with Crippen molar-refractivity contribution in [2.45, 2.75) is 85.5 Å². The molecule has 0 radical (unpaired) electrons. The first-order chi connectivity index (χ1) is 9.12. The molecule has 0 unspecified atom stereocenters. The van der Waals surface area contributed by atoms with Gasteiger partial charge in [0.05, 0.1) is 11.4 Å². The molecule has 1 aromatic heterocycles. The van der Waals surface area contributed by atoms with E-state index in [0.717, 1.165) is 12.8 Å². The molecule has 0 spiro atoms. The predicted octanol–water partition coefficient (Wildman–Crippen LogP) is 4.80. The van der Waals surface area contributed by atoms with Crippen LogP contribution in [0.1, 0.15) is 89.7 Å². The zero-order valence-electron chi connectivity index (χ0n) is 14.3. The summed E-state index contributed by atoms with van der Waals surface area (Å²) < 4.78 is 0. The Labute approximate surface area is 124 Å². The van der Waals surface area contributed by atoms with E-state index in [9.17, 15) is 0 Å². The lowest BCUT2D eigenvalue weighted by molar-refractivity contribution is 0.317. The van der Waals surface area contributed by atoms with Crippen LogP contribution < -0.4 is 0 Å². The van der Waals surface area contributed by atoms with E-state index < -0.39 is 0 Å². The quantitative estimate of drug-likeness (QED) is 0.687. The smallest absolute Gasteiger partial charge is 0.0719 e. The molecule has 0 saturated carbocycles. The maximum atomic E-state index is 4.62. The highest BCUT2D eigenvalue weighted by atomic mass is 15.1. The lowest BCUT2D eigenvalue weighted by atomic mass is 9.83. The van der Waals surface area contributed by atoms with Gasteiger partial charge in [-0.3, -0.25) is 0 Å². The van der Waals surface area contributed by atoms with Crippen molar-refractivity contribution >= 4 is 0 Å². The molecule has 0 bridgehead atoms. The molecule has 2 rings (SSSR count). The van der Waals surface area contributed by atoms with E-state index in [1.165, 1.54) is 35.4 Å². The van der Waals surface area contributed by atoms with Gasteiger partial charge in [-0.1, -0.05) is 48.5 Å². The van der Waals surface area contributed by atoms with Gasteiger partial charge in [0.1, 0.15) is 0 Å². The average molecular weight is 274 g/mol. The van der Waals surface area contributed by atoms with E-state index in [1.807, 2.05) is 0 Å². The summed E-state index contributed by atoms with van der Waals surface area (Å²) in [5.41, 5.74) is 5.97. The summed E-state index contributed by atoms with van der Waals surface area (Å²) in [7, 11) is 0. The van der Waals surface area contributed by atoms with Gasteiger partial charge in [-0.2, -0.15) is 10.2 Å². The highest BCUT2D eigenvalue weighted by Crippen LogP contribution is 2.38. The molecular weight excluding hydrogens is 244 g/mol. The van der Waals surface area contributed by atoms with Crippen LogP contribution in [-0.4, -0.2) is 10.2 Å². The molecule has 112 valence electrons. The molecule has 20 heavy (non-hydrogen) atoms. The summed E-state index contributed by atoms with van der Waals surface area (Å²) in [5.74, 6) is 0.464. The van der Waals surface area contributed by atoms with Crippen LogP contribution in [0.15, 0.2) is 0 Å². The number of rotatable bonds is 1. The SMILES string of the molecule is CC(C)c1nnc(C(C)(C)C)c2c1CCC(C)(C)CC2. The van der Waals surface area contributed by atoms with Crippen LogP contribution in [0.25, 0.3) is 0 Å². The molecule has 2 heteroatoms. The Bertz CT molecular complexity index is 493. The minimum atomic E-state index is 0.0844. The Morgan fingerprint density at radius 1 is 0.950 bits per heavy atom. The maximum Gasteiger partial charge on any atom is 0.0719 e. The summed E-state index contributed by atoms with van der Waals surface area (Å²) in [4.78, 5) is 0. The maximum absolute atomic E-state index is 4.62. The third-order valence-corrected chi connectivity index (χ3v) is 4.58. The first-order valence-electron chi connectivity index (χ1n) is 8.00. The Hall–Kier alpha value is -0.920. The van der Waals surface area contributed by atoms with Gasteiger partial charge in [0.2, 0.25) is 0 Å². The van der Waals surface area contributed by atoms with Gasteiger partial charge < -0.3 is 0 Å². The molecule has 0 fully saturated rings. The van der Waals surface area contributed by atoms with Crippen molar-refractivity contribution in [3.05, 3.63) is 22.5 Å². The molecule has 0 aromatic carbocycles. The second kappa shape index (κ2) is 5.13. The summed E-state index contributed by atoms with van der Waals surface area (Å²) in [6, 6.07) is 0. The number of hydrogen-bond donors (Lipinski definition) is 0. The van der Waals surface area contributed by atoms with Gasteiger partial charge in [0, 0.05) is 5.41 Å². The van der Waals surface area contributed by atoms with E-state index in [4.69, 9.17) is 0 Å². The van der Waals surface area contributed by atoms with E-state index in [1.54, 1.807) is 0 Å². The number of fused-ring (bicyclic) bond motifs is 1. The predicted molar refractivity (Wildman–Crippen MR) is 85.2 cm³/mol. The molecule has 1 aliphatic carbocycles. The molecule has 1 aliphatic rings. The Kier molecular flexibility index (Phi) is 3.96. The zero-order valence-corrected chi connectivity index (χ0v) is 14.3. The van der Waals surface area contributed by atoms with Crippen LogP contribution in [0.4, 0.5) is 0 Å². The lowest BCUT2D eigenvalue weighted by Gasteiger charge is -2.24. The molecule has 0 saturated heterocycles. The van der Waals surface area contributed by atoms with E-state index in [0.29, 0.717) is 11.3 Å². The molecule has 1 aromatic rings. The summed E-state index contributed by atoms with van der Waals surface area (Å²) in [6.07, 6.45) is 4.83. The zero-order chi connectivity index (χ0) is 15.1. The van der Waals surface area contributed by atoms with E-state index in [-0.39, 0.29) is 5.41 Å². The fourth-order valence-corrected chi connectivity index (χ4v) is 3.19. The van der Waals surface area contributed by atoms with Crippen LogP contribution in [0.5, 0.6) is 0 Å². The minimum Gasteiger partial charge on any atom is -0.155 e. The van der Waals surface area contributed by atoms with Gasteiger partial charge in [0.15, 0.2) is 0 Å². The summed E-state index contributed by atoms with van der Waals surface area (Å²) >= 11 is 0. The molecule has 1 heterocycles. The number of aromatic nitrogens is 2.